The Kier molecular flexibility index (Phi) is 7.96. The monoisotopic (exact) mass is 307 g/mol. The molecular formula is C18H29NO3. The summed E-state index contributed by atoms with van der Waals surface area (Å²) in [4.78, 5) is 11.6. The maximum Gasteiger partial charge on any atom is 0.220 e. The average molecular weight is 307 g/mol. The van der Waals surface area contributed by atoms with E-state index in [1.165, 1.54) is 5.56 Å². The van der Waals surface area contributed by atoms with Crippen LogP contribution >= 0.6 is 0 Å². The highest BCUT2D eigenvalue weighted by atomic mass is 16.5. The Bertz CT molecular complexity index is 435. The lowest BCUT2D eigenvalue weighted by molar-refractivity contribution is -0.121. The molecule has 0 bridgehead atoms. The average Bonchev–Trinajstić information content (AvgIpc) is 2.48. The molecule has 0 unspecified atom stereocenters. The van der Waals surface area contributed by atoms with E-state index >= 15 is 0 Å². The highest BCUT2D eigenvalue weighted by molar-refractivity contribution is 5.75. The van der Waals surface area contributed by atoms with E-state index in [2.05, 4.69) is 38.2 Å². The highest BCUT2D eigenvalue weighted by Crippen LogP contribution is 2.24. The SMILES string of the molecule is COCCCNC(=O)CCCOc1ccc(C(C)(C)C)cc1. The standard InChI is InChI=1S/C18H29NO3/c1-18(2,3)15-8-10-16(11-9-15)22-14-5-7-17(20)19-12-6-13-21-4/h8-11H,5-7,12-14H2,1-4H3,(H,19,20). The minimum atomic E-state index is 0.0720. The van der Waals surface area contributed by atoms with Crippen molar-refractivity contribution in [2.75, 3.05) is 26.9 Å². The maximum absolute atomic E-state index is 11.6. The van der Waals surface area contributed by atoms with Crippen molar-refractivity contribution in [3.63, 3.8) is 0 Å². The molecule has 4 nitrogen and oxygen atoms in total. The van der Waals surface area contributed by atoms with Crippen LogP contribution in [0.5, 0.6) is 5.75 Å². The molecule has 1 rings (SSSR count). The summed E-state index contributed by atoms with van der Waals surface area (Å²) in [5.74, 6) is 0.927. The summed E-state index contributed by atoms with van der Waals surface area (Å²) in [5, 5.41) is 2.87. The van der Waals surface area contributed by atoms with Gasteiger partial charge in [0.05, 0.1) is 6.61 Å². The minimum absolute atomic E-state index is 0.0720. The third-order valence-corrected chi connectivity index (χ3v) is 3.38. The summed E-state index contributed by atoms with van der Waals surface area (Å²) in [6.07, 6.45) is 2.06. The molecule has 1 amide bonds. The van der Waals surface area contributed by atoms with E-state index in [0.29, 0.717) is 26.2 Å². The van der Waals surface area contributed by atoms with Gasteiger partial charge in [-0.15, -0.1) is 0 Å². The van der Waals surface area contributed by atoms with E-state index in [-0.39, 0.29) is 11.3 Å². The van der Waals surface area contributed by atoms with Crippen molar-refractivity contribution >= 4 is 5.91 Å². The van der Waals surface area contributed by atoms with E-state index in [9.17, 15) is 4.79 Å². The summed E-state index contributed by atoms with van der Waals surface area (Å²) in [6, 6.07) is 8.17. The summed E-state index contributed by atoms with van der Waals surface area (Å²) >= 11 is 0. The van der Waals surface area contributed by atoms with Crippen molar-refractivity contribution < 1.29 is 14.3 Å². The second-order valence-electron chi connectivity index (χ2n) is 6.42. The summed E-state index contributed by atoms with van der Waals surface area (Å²) in [5.41, 5.74) is 1.44. The van der Waals surface area contributed by atoms with Crippen molar-refractivity contribution in [2.45, 2.75) is 45.4 Å². The van der Waals surface area contributed by atoms with E-state index in [1.807, 2.05) is 12.1 Å². The Labute approximate surface area is 134 Å². The van der Waals surface area contributed by atoms with Crippen molar-refractivity contribution in [3.8, 4) is 5.75 Å². The normalized spacial score (nSPS) is 11.3. The molecule has 0 aliphatic heterocycles. The third-order valence-electron chi connectivity index (χ3n) is 3.38. The number of hydrogen-bond donors (Lipinski definition) is 1. The van der Waals surface area contributed by atoms with Gasteiger partial charge in [-0.05, 0) is 36.0 Å². The van der Waals surface area contributed by atoms with Gasteiger partial charge in [0.1, 0.15) is 5.75 Å². The molecule has 0 saturated heterocycles. The number of amides is 1. The molecule has 0 radical (unpaired) electrons. The van der Waals surface area contributed by atoms with Crippen molar-refractivity contribution in [1.82, 2.24) is 5.32 Å². The molecule has 4 heteroatoms. The first-order valence-electron chi connectivity index (χ1n) is 7.92. The van der Waals surface area contributed by atoms with E-state index in [0.717, 1.165) is 18.6 Å². The molecule has 22 heavy (non-hydrogen) atoms. The first-order chi connectivity index (χ1) is 10.4. The number of ether oxygens (including phenoxy) is 2. The first-order valence-corrected chi connectivity index (χ1v) is 7.92. The number of hydrogen-bond acceptors (Lipinski definition) is 3. The Morgan fingerprint density at radius 2 is 1.77 bits per heavy atom. The molecule has 0 aromatic heterocycles. The predicted octanol–water partition coefficient (Wildman–Crippen LogP) is 3.30. The van der Waals surface area contributed by atoms with Crippen LogP contribution in [0.15, 0.2) is 24.3 Å². The number of carbonyl (C=O) groups is 1. The van der Waals surface area contributed by atoms with E-state index in [4.69, 9.17) is 9.47 Å². The molecule has 1 aromatic carbocycles. The zero-order chi connectivity index (χ0) is 16.4. The lowest BCUT2D eigenvalue weighted by Gasteiger charge is -2.19. The van der Waals surface area contributed by atoms with Crippen LogP contribution in [0.25, 0.3) is 0 Å². The lowest BCUT2D eigenvalue weighted by atomic mass is 9.87. The molecule has 0 saturated carbocycles. The Morgan fingerprint density at radius 1 is 1.09 bits per heavy atom. The summed E-state index contributed by atoms with van der Waals surface area (Å²) < 4.78 is 10.6. The summed E-state index contributed by atoms with van der Waals surface area (Å²) in [6.45, 7) is 8.46. The fourth-order valence-corrected chi connectivity index (χ4v) is 2.01. The maximum atomic E-state index is 11.6. The molecule has 0 heterocycles. The molecule has 0 spiro atoms. The van der Waals surface area contributed by atoms with Gasteiger partial charge in [0.2, 0.25) is 5.91 Å². The number of methoxy groups -OCH3 is 1. The Balaban J connectivity index is 2.18. The van der Waals surface area contributed by atoms with E-state index < -0.39 is 0 Å². The summed E-state index contributed by atoms with van der Waals surface area (Å²) in [7, 11) is 1.66. The molecule has 1 aromatic rings. The van der Waals surface area contributed by atoms with Gasteiger partial charge in [0.15, 0.2) is 0 Å². The van der Waals surface area contributed by atoms with E-state index in [1.54, 1.807) is 7.11 Å². The van der Waals surface area contributed by atoms with Gasteiger partial charge >= 0.3 is 0 Å². The molecule has 0 aliphatic rings. The van der Waals surface area contributed by atoms with Crippen LogP contribution in [0.1, 0.15) is 45.6 Å². The zero-order valence-electron chi connectivity index (χ0n) is 14.3. The largest absolute Gasteiger partial charge is 0.494 e. The first kappa shape index (κ1) is 18.5. The van der Waals surface area contributed by atoms with Crippen LogP contribution in [0, 0.1) is 0 Å². The predicted molar refractivity (Wildman–Crippen MR) is 89.4 cm³/mol. The van der Waals surface area contributed by atoms with Crippen LogP contribution in [0.4, 0.5) is 0 Å². The third kappa shape index (κ3) is 7.46. The van der Waals surface area contributed by atoms with Gasteiger partial charge in [-0.25, -0.2) is 0 Å². The zero-order valence-corrected chi connectivity index (χ0v) is 14.3. The van der Waals surface area contributed by atoms with Gasteiger partial charge in [-0.3, -0.25) is 4.79 Å². The topological polar surface area (TPSA) is 47.6 Å². The Morgan fingerprint density at radius 3 is 2.36 bits per heavy atom. The molecule has 0 atom stereocenters. The molecule has 124 valence electrons. The second-order valence-corrected chi connectivity index (χ2v) is 6.42. The van der Waals surface area contributed by atoms with Gasteiger partial charge in [-0.1, -0.05) is 32.9 Å². The number of nitrogens with one attached hydrogen (secondary N) is 1. The lowest BCUT2D eigenvalue weighted by Crippen LogP contribution is -2.25. The van der Waals surface area contributed by atoms with Crippen molar-refractivity contribution in [2.24, 2.45) is 0 Å². The van der Waals surface area contributed by atoms with Crippen LogP contribution in [-0.4, -0.2) is 32.8 Å². The second kappa shape index (κ2) is 9.46. The quantitative estimate of drug-likeness (QED) is 0.712. The Hall–Kier alpha value is -1.55. The van der Waals surface area contributed by atoms with Crippen LogP contribution in [0.3, 0.4) is 0 Å². The number of carbonyl (C=O) groups excluding carboxylic acids is 1. The van der Waals surface area contributed by atoms with Crippen LogP contribution in [-0.2, 0) is 14.9 Å². The van der Waals surface area contributed by atoms with Gasteiger partial charge in [-0.2, -0.15) is 0 Å². The van der Waals surface area contributed by atoms with Crippen LogP contribution in [0.2, 0.25) is 0 Å². The molecule has 0 aliphatic carbocycles. The fraction of sp³-hybridized carbons (Fsp3) is 0.611. The van der Waals surface area contributed by atoms with Gasteiger partial charge in [0, 0.05) is 26.7 Å². The molecular weight excluding hydrogens is 278 g/mol. The molecule has 0 fully saturated rings. The fourth-order valence-electron chi connectivity index (χ4n) is 2.01. The van der Waals surface area contributed by atoms with Crippen molar-refractivity contribution in [3.05, 3.63) is 29.8 Å². The smallest absolute Gasteiger partial charge is 0.220 e. The van der Waals surface area contributed by atoms with Crippen LogP contribution < -0.4 is 10.1 Å². The number of rotatable bonds is 9. The highest BCUT2D eigenvalue weighted by Gasteiger charge is 2.12. The molecule has 1 N–H and O–H groups in total. The minimum Gasteiger partial charge on any atom is -0.494 e. The van der Waals surface area contributed by atoms with Gasteiger partial charge < -0.3 is 14.8 Å². The number of benzene rings is 1. The van der Waals surface area contributed by atoms with Crippen molar-refractivity contribution in [1.29, 1.82) is 0 Å². The van der Waals surface area contributed by atoms with Gasteiger partial charge in [0.25, 0.3) is 0 Å².